The molecule has 0 bridgehead atoms. The van der Waals surface area contributed by atoms with Crippen molar-refractivity contribution in [1.82, 2.24) is 0 Å². The Morgan fingerprint density at radius 3 is 3.07 bits per heavy atom. The Balaban J connectivity index is 2.26. The number of rotatable bonds is 2. The molecule has 2 rings (SSSR count). The van der Waals surface area contributed by atoms with Crippen LogP contribution >= 0.6 is 0 Å². The van der Waals surface area contributed by atoms with E-state index >= 15 is 0 Å². The van der Waals surface area contributed by atoms with Gasteiger partial charge in [-0.1, -0.05) is 0 Å². The monoisotopic (exact) mass is 195 g/mol. The van der Waals surface area contributed by atoms with E-state index in [9.17, 15) is 4.39 Å². The first-order valence-electron chi connectivity index (χ1n) is 4.84. The van der Waals surface area contributed by atoms with Crippen molar-refractivity contribution >= 4 is 5.69 Å². The van der Waals surface area contributed by atoms with E-state index in [1.807, 2.05) is 13.1 Å². The second-order valence-electron chi connectivity index (χ2n) is 3.75. The molecule has 1 aromatic rings. The predicted octanol–water partition coefficient (Wildman–Crippen LogP) is 1.57. The first-order valence-corrected chi connectivity index (χ1v) is 4.84. The minimum Gasteiger partial charge on any atom is -0.396 e. The highest BCUT2D eigenvalue weighted by molar-refractivity contribution is 5.58. The van der Waals surface area contributed by atoms with E-state index in [1.165, 1.54) is 6.07 Å². The zero-order chi connectivity index (χ0) is 10.1. The smallest absolute Gasteiger partial charge is 0.123 e. The van der Waals surface area contributed by atoms with E-state index in [-0.39, 0.29) is 12.4 Å². The number of aliphatic hydroxyl groups is 1. The maximum atomic E-state index is 12.9. The zero-order valence-electron chi connectivity index (χ0n) is 8.20. The lowest BCUT2D eigenvalue weighted by atomic mass is 10.1. The van der Waals surface area contributed by atoms with Gasteiger partial charge in [0.2, 0.25) is 0 Å². The number of fused-ring (bicyclic) bond motifs is 1. The largest absolute Gasteiger partial charge is 0.396 e. The zero-order valence-corrected chi connectivity index (χ0v) is 8.20. The first-order chi connectivity index (χ1) is 6.72. The fourth-order valence-corrected chi connectivity index (χ4v) is 2.09. The van der Waals surface area contributed by atoms with E-state index in [0.29, 0.717) is 6.04 Å². The van der Waals surface area contributed by atoms with Crippen LogP contribution in [-0.4, -0.2) is 24.8 Å². The second-order valence-corrected chi connectivity index (χ2v) is 3.75. The van der Waals surface area contributed by atoms with Crippen molar-refractivity contribution in [3.8, 4) is 0 Å². The van der Waals surface area contributed by atoms with E-state index in [4.69, 9.17) is 5.11 Å². The second kappa shape index (κ2) is 3.58. The molecule has 0 saturated heterocycles. The van der Waals surface area contributed by atoms with Gasteiger partial charge in [-0.3, -0.25) is 0 Å². The average molecular weight is 195 g/mol. The molecule has 1 unspecified atom stereocenters. The van der Waals surface area contributed by atoms with Gasteiger partial charge in [-0.2, -0.15) is 0 Å². The quantitative estimate of drug-likeness (QED) is 0.774. The van der Waals surface area contributed by atoms with Crippen LogP contribution in [0.1, 0.15) is 12.0 Å². The number of hydrogen-bond acceptors (Lipinski definition) is 2. The Labute approximate surface area is 83.0 Å². The normalized spacial score (nSPS) is 19.9. The molecule has 3 heteroatoms. The van der Waals surface area contributed by atoms with Crippen LogP contribution in [0.25, 0.3) is 0 Å². The van der Waals surface area contributed by atoms with Crippen LogP contribution in [0.15, 0.2) is 18.2 Å². The van der Waals surface area contributed by atoms with Crippen LogP contribution in [0.2, 0.25) is 0 Å². The summed E-state index contributed by atoms with van der Waals surface area (Å²) in [6.07, 6.45) is 1.58. The molecule has 1 aliphatic heterocycles. The number of hydrogen-bond donors (Lipinski definition) is 1. The van der Waals surface area contributed by atoms with Gasteiger partial charge in [-0.25, -0.2) is 4.39 Å². The number of likely N-dealkylation sites (N-methyl/N-ethyl adjacent to an activating group) is 1. The van der Waals surface area contributed by atoms with Crippen molar-refractivity contribution in [2.24, 2.45) is 0 Å². The van der Waals surface area contributed by atoms with Gasteiger partial charge in [-0.15, -0.1) is 0 Å². The van der Waals surface area contributed by atoms with Gasteiger partial charge in [0.05, 0.1) is 0 Å². The number of aliphatic hydroxyl groups excluding tert-OH is 1. The maximum Gasteiger partial charge on any atom is 0.123 e. The highest BCUT2D eigenvalue weighted by atomic mass is 19.1. The van der Waals surface area contributed by atoms with Crippen molar-refractivity contribution in [2.75, 3.05) is 18.6 Å². The number of halogens is 1. The highest BCUT2D eigenvalue weighted by Gasteiger charge is 2.25. The van der Waals surface area contributed by atoms with E-state index < -0.39 is 0 Å². The lowest BCUT2D eigenvalue weighted by Crippen LogP contribution is -2.28. The van der Waals surface area contributed by atoms with E-state index in [1.54, 1.807) is 6.07 Å². The van der Waals surface area contributed by atoms with Gasteiger partial charge in [0.1, 0.15) is 5.82 Å². The SMILES string of the molecule is CN1c2ccc(F)cc2CC1CCO. The van der Waals surface area contributed by atoms with E-state index in [2.05, 4.69) is 4.90 Å². The lowest BCUT2D eigenvalue weighted by Gasteiger charge is -2.21. The molecule has 0 saturated carbocycles. The molecule has 76 valence electrons. The van der Waals surface area contributed by atoms with Gasteiger partial charge in [0, 0.05) is 25.4 Å². The van der Waals surface area contributed by atoms with Crippen molar-refractivity contribution in [2.45, 2.75) is 18.9 Å². The minimum atomic E-state index is -0.179. The molecule has 2 nitrogen and oxygen atoms in total. The van der Waals surface area contributed by atoms with Gasteiger partial charge in [0.25, 0.3) is 0 Å². The number of nitrogens with zero attached hydrogens (tertiary/aromatic N) is 1. The third-order valence-electron chi connectivity index (χ3n) is 2.89. The molecule has 0 fully saturated rings. The van der Waals surface area contributed by atoms with Crippen LogP contribution in [0.4, 0.5) is 10.1 Å². The molecule has 14 heavy (non-hydrogen) atoms. The summed E-state index contributed by atoms with van der Waals surface area (Å²) in [6, 6.07) is 5.19. The third-order valence-corrected chi connectivity index (χ3v) is 2.89. The Hall–Kier alpha value is -1.09. The summed E-state index contributed by atoms with van der Waals surface area (Å²) in [4.78, 5) is 2.12. The summed E-state index contributed by atoms with van der Waals surface area (Å²) < 4.78 is 12.9. The van der Waals surface area contributed by atoms with Crippen LogP contribution in [0.5, 0.6) is 0 Å². The van der Waals surface area contributed by atoms with Crippen molar-refractivity contribution in [3.63, 3.8) is 0 Å². The minimum absolute atomic E-state index is 0.179. The average Bonchev–Trinajstić information content (AvgIpc) is 2.44. The molecule has 0 radical (unpaired) electrons. The molecule has 0 aliphatic carbocycles. The van der Waals surface area contributed by atoms with Crippen molar-refractivity contribution < 1.29 is 9.50 Å². The van der Waals surface area contributed by atoms with Gasteiger partial charge >= 0.3 is 0 Å². The Morgan fingerprint density at radius 1 is 1.57 bits per heavy atom. The van der Waals surface area contributed by atoms with Crippen LogP contribution < -0.4 is 4.90 Å². The first kappa shape index (κ1) is 9.46. The fraction of sp³-hybridized carbons (Fsp3) is 0.455. The van der Waals surface area contributed by atoms with Gasteiger partial charge in [0.15, 0.2) is 0 Å². The molecule has 1 aromatic carbocycles. The third kappa shape index (κ3) is 1.48. The number of anilines is 1. The van der Waals surface area contributed by atoms with Crippen molar-refractivity contribution in [3.05, 3.63) is 29.6 Å². The van der Waals surface area contributed by atoms with Crippen LogP contribution in [0, 0.1) is 5.82 Å². The lowest BCUT2D eigenvalue weighted by molar-refractivity contribution is 0.275. The number of benzene rings is 1. The van der Waals surface area contributed by atoms with Crippen LogP contribution in [-0.2, 0) is 6.42 Å². The van der Waals surface area contributed by atoms with E-state index in [0.717, 1.165) is 24.1 Å². The van der Waals surface area contributed by atoms with Crippen molar-refractivity contribution in [1.29, 1.82) is 0 Å². The Bertz CT molecular complexity index is 340. The maximum absolute atomic E-state index is 12.9. The summed E-state index contributed by atoms with van der Waals surface area (Å²) in [5.41, 5.74) is 2.14. The Kier molecular flexibility index (Phi) is 2.42. The van der Waals surface area contributed by atoms with Gasteiger partial charge in [-0.05, 0) is 36.6 Å². The summed E-state index contributed by atoms with van der Waals surface area (Å²) >= 11 is 0. The topological polar surface area (TPSA) is 23.5 Å². The molecule has 0 aromatic heterocycles. The summed E-state index contributed by atoms with van der Waals surface area (Å²) in [7, 11) is 1.99. The molecule has 1 heterocycles. The highest BCUT2D eigenvalue weighted by Crippen LogP contribution is 2.32. The molecule has 0 spiro atoms. The molecule has 1 aliphatic rings. The standard InChI is InChI=1S/C11H14FNO/c1-13-10(4-5-14)7-8-6-9(12)2-3-11(8)13/h2-3,6,10,14H,4-5,7H2,1H3. The Morgan fingerprint density at radius 2 is 2.36 bits per heavy atom. The summed E-state index contributed by atoms with van der Waals surface area (Å²) in [6.45, 7) is 0.186. The molecule has 1 atom stereocenters. The molecule has 0 amide bonds. The van der Waals surface area contributed by atoms with Gasteiger partial charge < -0.3 is 10.0 Å². The molecular formula is C11H14FNO. The summed E-state index contributed by atoms with van der Waals surface area (Å²) in [5.74, 6) is -0.179. The predicted molar refractivity (Wildman–Crippen MR) is 54.0 cm³/mol. The molecular weight excluding hydrogens is 181 g/mol. The summed E-state index contributed by atoms with van der Waals surface area (Å²) in [5, 5.41) is 8.88. The molecule has 1 N–H and O–H groups in total. The fourth-order valence-electron chi connectivity index (χ4n) is 2.09. The van der Waals surface area contributed by atoms with Crippen LogP contribution in [0.3, 0.4) is 0 Å².